The maximum Gasteiger partial charge on any atom is 0.319 e. The highest BCUT2D eigenvalue weighted by Crippen LogP contribution is 2.44. The van der Waals surface area contributed by atoms with Gasteiger partial charge < -0.3 is 19.4 Å². The molecule has 2 aromatic carbocycles. The zero-order chi connectivity index (χ0) is 29.1. The van der Waals surface area contributed by atoms with Gasteiger partial charge in [-0.05, 0) is 81.3 Å². The topological polar surface area (TPSA) is 61.8 Å². The summed E-state index contributed by atoms with van der Waals surface area (Å²) in [6, 6.07) is 7.90. The summed E-state index contributed by atoms with van der Waals surface area (Å²) in [4.78, 5) is 27.6. The molecule has 4 aliphatic rings. The molecule has 3 saturated heterocycles. The molecule has 7 rings (SSSR count). The van der Waals surface area contributed by atoms with Crippen LogP contribution < -0.4 is 9.64 Å². The van der Waals surface area contributed by atoms with E-state index in [1.54, 1.807) is 6.07 Å². The fraction of sp³-hybridized carbons (Fsp3) is 0.469. The third-order valence-corrected chi connectivity index (χ3v) is 9.94. The minimum absolute atomic E-state index is 0.0807. The van der Waals surface area contributed by atoms with Crippen molar-refractivity contribution in [2.45, 2.75) is 63.1 Å². The molecule has 0 spiro atoms. The fourth-order valence-corrected chi connectivity index (χ4v) is 7.63. The van der Waals surface area contributed by atoms with Crippen LogP contribution in [-0.2, 0) is 17.6 Å². The summed E-state index contributed by atoms with van der Waals surface area (Å²) in [6.07, 6.45) is 6.80. The summed E-state index contributed by atoms with van der Waals surface area (Å²) in [5.74, 6) is -1.60. The van der Waals surface area contributed by atoms with Gasteiger partial charge in [-0.1, -0.05) is 36.4 Å². The zero-order valence-corrected chi connectivity index (χ0v) is 24.5. The molecular weight excluding hydrogens is 560 g/mol. The van der Waals surface area contributed by atoms with Crippen LogP contribution in [0.5, 0.6) is 6.01 Å². The lowest BCUT2D eigenvalue weighted by Gasteiger charge is -2.47. The van der Waals surface area contributed by atoms with Gasteiger partial charge in [0, 0.05) is 30.1 Å². The Morgan fingerprint density at radius 3 is 2.76 bits per heavy atom. The average Bonchev–Trinajstić information content (AvgIpc) is 3.53. The maximum absolute atomic E-state index is 16.7. The fourth-order valence-electron chi connectivity index (χ4n) is 7.34. The molecule has 7 nitrogen and oxygen atoms in total. The number of aryl methyl sites for hydroxylation is 1. The number of fused-ring (bicyclic) bond motifs is 3. The van der Waals surface area contributed by atoms with Crippen molar-refractivity contribution in [1.82, 2.24) is 19.8 Å². The van der Waals surface area contributed by atoms with E-state index in [4.69, 9.17) is 21.3 Å². The molecule has 1 aromatic heterocycles. The van der Waals surface area contributed by atoms with Crippen LogP contribution >= 0.6 is 11.6 Å². The van der Waals surface area contributed by atoms with E-state index in [0.29, 0.717) is 47.9 Å². The number of benzene rings is 2. The predicted molar refractivity (Wildman–Crippen MR) is 159 cm³/mol. The minimum atomic E-state index is -0.960. The predicted octanol–water partition coefficient (Wildman–Crippen LogP) is 5.71. The molecule has 4 heterocycles. The van der Waals surface area contributed by atoms with E-state index < -0.39 is 17.6 Å². The maximum atomic E-state index is 16.7. The van der Waals surface area contributed by atoms with Gasteiger partial charge in [0.05, 0.1) is 17.1 Å². The average molecular weight is 594 g/mol. The molecule has 1 unspecified atom stereocenters. The standard InChI is InChI=1S/C32H34ClF2N5O2/c1-18(34)31(41)39-14-12-25-26(39)16-40(25)30-23-15-24(33)27(22-11-5-8-19-7-3-4-10-21(19)22)28(35)29(23)36-32(37-30)42-17-20-9-6-13-38(20)2/h5,8,11,15,20,25-26H,1,3-4,6-7,9-10,12-14,16-17H2,2H3/t20-,25?,26+/m0/s1. The van der Waals surface area contributed by atoms with Gasteiger partial charge in [0.2, 0.25) is 0 Å². The minimum Gasteiger partial charge on any atom is -0.462 e. The van der Waals surface area contributed by atoms with Gasteiger partial charge in [-0.15, -0.1) is 0 Å². The summed E-state index contributed by atoms with van der Waals surface area (Å²) in [5, 5.41) is 0.800. The lowest BCUT2D eigenvalue weighted by atomic mass is 9.85. The number of hydrogen-bond donors (Lipinski definition) is 0. The summed E-state index contributed by atoms with van der Waals surface area (Å²) >= 11 is 6.88. The number of hydrogen-bond acceptors (Lipinski definition) is 6. The molecule has 3 aromatic rings. The van der Waals surface area contributed by atoms with E-state index in [1.807, 2.05) is 17.0 Å². The number of aromatic nitrogens is 2. The lowest BCUT2D eigenvalue weighted by molar-refractivity contribution is -0.130. The number of likely N-dealkylation sites (tertiary alicyclic amines) is 2. The van der Waals surface area contributed by atoms with E-state index in [0.717, 1.165) is 56.2 Å². The summed E-state index contributed by atoms with van der Waals surface area (Å²) in [7, 11) is 2.07. The Morgan fingerprint density at radius 1 is 1.14 bits per heavy atom. The Balaban J connectivity index is 1.31. The molecule has 42 heavy (non-hydrogen) atoms. The molecule has 0 radical (unpaired) electrons. The Morgan fingerprint density at radius 2 is 1.98 bits per heavy atom. The van der Waals surface area contributed by atoms with Crippen LogP contribution in [0.1, 0.15) is 43.2 Å². The van der Waals surface area contributed by atoms with E-state index >= 15 is 4.39 Å². The number of likely N-dealkylation sites (N-methyl/N-ethyl adjacent to an activating group) is 1. The van der Waals surface area contributed by atoms with E-state index in [1.165, 1.54) is 10.5 Å². The third-order valence-electron chi connectivity index (χ3n) is 9.64. The number of carbonyl (C=O) groups is 1. The van der Waals surface area contributed by atoms with Crippen LogP contribution in [0.3, 0.4) is 0 Å². The molecule has 0 bridgehead atoms. The van der Waals surface area contributed by atoms with Crippen LogP contribution in [0.25, 0.3) is 22.0 Å². The molecule has 3 aliphatic heterocycles. The first-order chi connectivity index (χ1) is 20.3. The summed E-state index contributed by atoms with van der Waals surface area (Å²) in [6.45, 7) is 5.46. The summed E-state index contributed by atoms with van der Waals surface area (Å²) in [5.41, 5.74) is 3.72. The van der Waals surface area contributed by atoms with Crippen molar-refractivity contribution in [3.05, 3.63) is 58.6 Å². The van der Waals surface area contributed by atoms with Crippen LogP contribution in [0, 0.1) is 5.82 Å². The first-order valence-corrected chi connectivity index (χ1v) is 15.3. The van der Waals surface area contributed by atoms with Gasteiger partial charge in [0.15, 0.2) is 11.6 Å². The van der Waals surface area contributed by atoms with Crippen molar-refractivity contribution in [2.75, 3.05) is 38.2 Å². The molecule has 1 aliphatic carbocycles. The lowest BCUT2D eigenvalue weighted by Crippen LogP contribution is -2.63. The number of halogens is 3. The van der Waals surface area contributed by atoms with Gasteiger partial charge in [0.25, 0.3) is 5.91 Å². The Bertz CT molecular complexity index is 1600. The Labute approximate surface area is 249 Å². The van der Waals surface area contributed by atoms with Crippen LogP contribution in [0.2, 0.25) is 5.02 Å². The first kappa shape index (κ1) is 27.5. The van der Waals surface area contributed by atoms with E-state index in [9.17, 15) is 9.18 Å². The zero-order valence-electron chi connectivity index (χ0n) is 23.7. The Kier molecular flexibility index (Phi) is 7.05. The number of amides is 1. The number of anilines is 1. The number of carbonyl (C=O) groups excluding carboxylic acids is 1. The molecule has 0 saturated carbocycles. The van der Waals surface area contributed by atoms with Crippen molar-refractivity contribution in [2.24, 2.45) is 0 Å². The molecule has 3 atom stereocenters. The van der Waals surface area contributed by atoms with Crippen LogP contribution in [0.4, 0.5) is 14.6 Å². The highest BCUT2D eigenvalue weighted by atomic mass is 35.5. The number of nitrogens with zero attached hydrogens (tertiary/aromatic N) is 5. The van der Waals surface area contributed by atoms with Crippen molar-refractivity contribution in [3.63, 3.8) is 0 Å². The highest BCUT2D eigenvalue weighted by molar-refractivity contribution is 6.34. The highest BCUT2D eigenvalue weighted by Gasteiger charge is 2.50. The van der Waals surface area contributed by atoms with Crippen molar-refractivity contribution in [1.29, 1.82) is 0 Å². The molecule has 10 heteroatoms. The molecule has 1 amide bonds. The second-order valence-corrected chi connectivity index (χ2v) is 12.4. The van der Waals surface area contributed by atoms with Gasteiger partial charge in [-0.3, -0.25) is 4.79 Å². The van der Waals surface area contributed by atoms with E-state index in [-0.39, 0.29) is 29.7 Å². The normalized spacial score (nSPS) is 23.6. The molecule has 220 valence electrons. The molecular formula is C32H34ClF2N5O2. The van der Waals surface area contributed by atoms with Gasteiger partial charge in [0.1, 0.15) is 17.9 Å². The largest absolute Gasteiger partial charge is 0.462 e. The third kappa shape index (κ3) is 4.52. The smallest absolute Gasteiger partial charge is 0.319 e. The molecule has 3 fully saturated rings. The second-order valence-electron chi connectivity index (χ2n) is 12.0. The second kappa shape index (κ2) is 10.8. The molecule has 0 N–H and O–H groups in total. The quantitative estimate of drug-likeness (QED) is 0.341. The monoisotopic (exact) mass is 593 g/mol. The first-order valence-electron chi connectivity index (χ1n) is 14.9. The summed E-state index contributed by atoms with van der Waals surface area (Å²) < 4.78 is 36.5. The SMILES string of the molecule is C=C(F)C(=O)N1CCC2[C@H]1CN2c1nc(OC[C@@H]2CCCN2C)nc2c(F)c(-c3cccc4c3CCCC4)c(Cl)cc12. The van der Waals surface area contributed by atoms with Crippen LogP contribution in [-0.4, -0.2) is 77.1 Å². The number of ether oxygens (including phenoxy) is 1. The Hall–Kier alpha value is -3.30. The number of rotatable bonds is 6. The van der Waals surface area contributed by atoms with Gasteiger partial charge in [-0.25, -0.2) is 8.78 Å². The van der Waals surface area contributed by atoms with Crippen LogP contribution in [0.15, 0.2) is 36.7 Å². The van der Waals surface area contributed by atoms with Gasteiger partial charge in [-0.2, -0.15) is 9.97 Å². The van der Waals surface area contributed by atoms with Crippen molar-refractivity contribution in [3.8, 4) is 17.1 Å². The van der Waals surface area contributed by atoms with Gasteiger partial charge >= 0.3 is 6.01 Å². The van der Waals surface area contributed by atoms with Crippen molar-refractivity contribution >= 4 is 34.2 Å². The van der Waals surface area contributed by atoms with Crippen molar-refractivity contribution < 1.29 is 18.3 Å². The van der Waals surface area contributed by atoms with E-state index in [2.05, 4.69) is 29.6 Å².